The number of aromatic nitrogens is 3. The molecule has 0 bridgehead atoms. The molecule has 220 valence electrons. The van der Waals surface area contributed by atoms with Gasteiger partial charge in [-0.05, 0) is 67.1 Å². The minimum absolute atomic E-state index is 0.127. The van der Waals surface area contributed by atoms with E-state index in [2.05, 4.69) is 36.1 Å². The Morgan fingerprint density at radius 2 is 1.41 bits per heavy atom. The Bertz CT molecular complexity index is 1710. The molecular formula is C31H26N8O5. The molecular weight excluding hydrogens is 564 g/mol. The smallest absolute Gasteiger partial charge is 0.343 e. The number of nitrogens with zero attached hydrogens (tertiary/aromatic N) is 5. The van der Waals surface area contributed by atoms with Gasteiger partial charge >= 0.3 is 5.97 Å². The van der Waals surface area contributed by atoms with Crippen molar-refractivity contribution in [2.24, 2.45) is 5.10 Å². The van der Waals surface area contributed by atoms with Crippen LogP contribution in [0.25, 0.3) is 0 Å². The summed E-state index contributed by atoms with van der Waals surface area (Å²) in [5.74, 6) is 0.618. The third-order valence-electron chi connectivity index (χ3n) is 5.86. The predicted octanol–water partition coefficient (Wildman–Crippen LogP) is 6.33. The average molecular weight is 591 g/mol. The molecule has 0 amide bonds. The number of esters is 1. The van der Waals surface area contributed by atoms with Crippen LogP contribution in [-0.2, 0) is 0 Å². The number of anilines is 5. The van der Waals surface area contributed by atoms with E-state index in [1.165, 1.54) is 30.5 Å². The van der Waals surface area contributed by atoms with Crippen molar-refractivity contribution in [1.29, 1.82) is 0 Å². The third-order valence-corrected chi connectivity index (χ3v) is 5.86. The molecule has 0 aliphatic heterocycles. The van der Waals surface area contributed by atoms with Gasteiger partial charge in [-0.1, -0.05) is 36.4 Å². The van der Waals surface area contributed by atoms with E-state index in [4.69, 9.17) is 9.47 Å². The van der Waals surface area contributed by atoms with Crippen LogP contribution in [0.3, 0.4) is 0 Å². The van der Waals surface area contributed by atoms with Crippen LogP contribution in [0.4, 0.5) is 34.9 Å². The lowest BCUT2D eigenvalue weighted by atomic mass is 10.2. The molecule has 13 nitrogen and oxygen atoms in total. The van der Waals surface area contributed by atoms with Crippen LogP contribution in [0, 0.1) is 10.1 Å². The monoisotopic (exact) mass is 590 g/mol. The van der Waals surface area contributed by atoms with Gasteiger partial charge in [0.15, 0.2) is 11.5 Å². The number of carbonyl (C=O) groups is 1. The van der Waals surface area contributed by atoms with Gasteiger partial charge in [0.05, 0.1) is 23.3 Å². The zero-order valence-corrected chi connectivity index (χ0v) is 23.4. The average Bonchev–Trinajstić information content (AvgIpc) is 3.03. The Balaban J connectivity index is 1.31. The van der Waals surface area contributed by atoms with Crippen LogP contribution >= 0.6 is 0 Å². The first kappa shape index (κ1) is 29.1. The van der Waals surface area contributed by atoms with Crippen LogP contribution in [0.1, 0.15) is 22.8 Å². The normalized spacial score (nSPS) is 10.7. The fraction of sp³-hybridized carbons (Fsp3) is 0.0645. The number of nitrogens with one attached hydrogen (secondary N) is 3. The molecule has 0 aliphatic rings. The molecule has 1 heterocycles. The Kier molecular flexibility index (Phi) is 9.27. The lowest BCUT2D eigenvalue weighted by Gasteiger charge is -2.11. The van der Waals surface area contributed by atoms with E-state index in [9.17, 15) is 14.9 Å². The van der Waals surface area contributed by atoms with Gasteiger partial charge in [-0.2, -0.15) is 20.1 Å². The highest BCUT2D eigenvalue weighted by Gasteiger charge is 2.15. The van der Waals surface area contributed by atoms with E-state index < -0.39 is 10.9 Å². The minimum atomic E-state index is -0.682. The van der Waals surface area contributed by atoms with Crippen molar-refractivity contribution >= 4 is 47.1 Å². The number of ether oxygens (including phenoxy) is 2. The number of non-ortho nitro benzene ring substituents is 1. The molecule has 3 N–H and O–H groups in total. The van der Waals surface area contributed by atoms with Gasteiger partial charge < -0.3 is 20.1 Å². The molecule has 5 aromatic rings. The topological polar surface area (TPSA) is 166 Å². The second-order valence-corrected chi connectivity index (χ2v) is 8.99. The van der Waals surface area contributed by atoms with Crippen LogP contribution in [-0.4, -0.2) is 38.7 Å². The van der Waals surface area contributed by atoms with E-state index in [-0.39, 0.29) is 22.9 Å². The van der Waals surface area contributed by atoms with E-state index >= 15 is 0 Å². The van der Waals surface area contributed by atoms with E-state index in [0.29, 0.717) is 29.8 Å². The van der Waals surface area contributed by atoms with Crippen LogP contribution in [0.2, 0.25) is 0 Å². The second-order valence-electron chi connectivity index (χ2n) is 8.99. The fourth-order valence-electron chi connectivity index (χ4n) is 3.84. The van der Waals surface area contributed by atoms with Crippen molar-refractivity contribution < 1.29 is 19.2 Å². The van der Waals surface area contributed by atoms with Gasteiger partial charge in [-0.15, -0.1) is 0 Å². The number of nitro groups is 1. The van der Waals surface area contributed by atoms with Crippen molar-refractivity contribution in [2.45, 2.75) is 6.92 Å². The summed E-state index contributed by atoms with van der Waals surface area (Å²) < 4.78 is 11.2. The molecule has 44 heavy (non-hydrogen) atoms. The second kappa shape index (κ2) is 14.0. The Hall–Kier alpha value is -6.37. The lowest BCUT2D eigenvalue weighted by Crippen LogP contribution is -2.10. The maximum atomic E-state index is 12.6. The number of rotatable bonds is 12. The quantitative estimate of drug-likeness (QED) is 0.0488. The highest BCUT2D eigenvalue weighted by molar-refractivity contribution is 5.92. The molecule has 13 heteroatoms. The molecule has 0 unspecified atom stereocenters. The largest absolute Gasteiger partial charge is 0.490 e. The maximum absolute atomic E-state index is 12.6. The van der Waals surface area contributed by atoms with Gasteiger partial charge in [0.2, 0.25) is 17.8 Å². The fourth-order valence-corrected chi connectivity index (χ4v) is 3.84. The van der Waals surface area contributed by atoms with E-state index in [1.54, 1.807) is 25.1 Å². The highest BCUT2D eigenvalue weighted by Crippen LogP contribution is 2.29. The van der Waals surface area contributed by atoms with E-state index in [1.807, 2.05) is 60.7 Å². The minimum Gasteiger partial charge on any atom is -0.490 e. The molecule has 0 fully saturated rings. The SMILES string of the molecule is CCOc1cc(/C=N\Nc2nc(Nc3ccccc3)nc(Nc3ccccc3)n2)ccc1OC(=O)c1ccc([N+](=O)[O-])cc1. The molecule has 0 saturated heterocycles. The number of benzene rings is 4. The molecule has 0 saturated carbocycles. The summed E-state index contributed by atoms with van der Waals surface area (Å²) in [5, 5.41) is 21.5. The van der Waals surface area contributed by atoms with Crippen LogP contribution in [0.15, 0.2) is 108 Å². The number of nitro benzene ring substituents is 1. The molecule has 4 aromatic carbocycles. The predicted molar refractivity (Wildman–Crippen MR) is 166 cm³/mol. The first-order valence-corrected chi connectivity index (χ1v) is 13.4. The molecule has 0 radical (unpaired) electrons. The zero-order chi connectivity index (χ0) is 30.7. The summed E-state index contributed by atoms with van der Waals surface area (Å²) >= 11 is 0. The summed E-state index contributed by atoms with van der Waals surface area (Å²) in [5.41, 5.74) is 5.10. The molecule has 0 aliphatic carbocycles. The highest BCUT2D eigenvalue weighted by atomic mass is 16.6. The summed E-state index contributed by atoms with van der Waals surface area (Å²) in [6.45, 7) is 2.12. The number of hydrogen-bond donors (Lipinski definition) is 3. The number of carbonyl (C=O) groups excluding carboxylic acids is 1. The summed E-state index contributed by atoms with van der Waals surface area (Å²) in [7, 11) is 0. The zero-order valence-electron chi connectivity index (χ0n) is 23.4. The maximum Gasteiger partial charge on any atom is 0.343 e. The molecule has 1 aromatic heterocycles. The number of para-hydroxylation sites is 2. The number of hydrazone groups is 1. The van der Waals surface area contributed by atoms with Crippen LogP contribution < -0.4 is 25.5 Å². The molecule has 0 atom stereocenters. The van der Waals surface area contributed by atoms with Gasteiger partial charge in [-0.25, -0.2) is 10.2 Å². The van der Waals surface area contributed by atoms with Crippen molar-refractivity contribution in [3.8, 4) is 11.5 Å². The van der Waals surface area contributed by atoms with Gasteiger partial charge in [0, 0.05) is 23.5 Å². The molecule has 0 spiro atoms. The van der Waals surface area contributed by atoms with Gasteiger partial charge in [0.25, 0.3) is 5.69 Å². The Morgan fingerprint density at radius 1 is 0.818 bits per heavy atom. The van der Waals surface area contributed by atoms with Crippen molar-refractivity contribution in [1.82, 2.24) is 15.0 Å². The van der Waals surface area contributed by atoms with Gasteiger partial charge in [0.1, 0.15) is 0 Å². The van der Waals surface area contributed by atoms with Crippen LogP contribution in [0.5, 0.6) is 11.5 Å². The summed E-state index contributed by atoms with van der Waals surface area (Å²) in [6.07, 6.45) is 1.53. The summed E-state index contributed by atoms with van der Waals surface area (Å²) in [4.78, 5) is 36.3. The Labute approximate surface area is 251 Å². The standard InChI is InChI=1S/C31H26N8O5/c1-2-43-27-19-21(13-18-26(27)44-28(40)22-14-16-25(17-15-22)39(41)42)20-32-38-31-36-29(33-23-9-5-3-6-10-23)35-30(37-31)34-24-11-7-4-8-12-24/h3-20H,2H2,1H3,(H3,33,34,35,36,37,38)/b32-20-. The summed E-state index contributed by atoms with van der Waals surface area (Å²) in [6, 6.07) is 29.0. The first-order chi connectivity index (χ1) is 21.5. The van der Waals surface area contributed by atoms with Crippen molar-refractivity contribution in [3.05, 3.63) is 124 Å². The molecule has 5 rings (SSSR count). The third kappa shape index (κ3) is 7.88. The lowest BCUT2D eigenvalue weighted by molar-refractivity contribution is -0.384. The van der Waals surface area contributed by atoms with Gasteiger partial charge in [-0.3, -0.25) is 10.1 Å². The van der Waals surface area contributed by atoms with Crippen molar-refractivity contribution in [3.63, 3.8) is 0 Å². The first-order valence-electron chi connectivity index (χ1n) is 13.4. The number of hydrogen-bond acceptors (Lipinski definition) is 12. The van der Waals surface area contributed by atoms with E-state index in [0.717, 1.165) is 11.4 Å². The van der Waals surface area contributed by atoms with Crippen molar-refractivity contribution in [2.75, 3.05) is 22.7 Å². The Morgan fingerprint density at radius 3 is 1.98 bits per heavy atom.